The number of nitrogens with zero attached hydrogens (tertiary/aromatic N) is 1. The lowest BCUT2D eigenvalue weighted by molar-refractivity contribution is -0.120. The second kappa shape index (κ2) is 10.9. The number of benzene rings is 1. The third-order valence-electron chi connectivity index (χ3n) is 4.97. The number of amides is 1. The summed E-state index contributed by atoms with van der Waals surface area (Å²) in [5, 5.41) is 3.09. The zero-order valence-corrected chi connectivity index (χ0v) is 18.6. The zero-order valence-electron chi connectivity index (χ0n) is 17.0. The first kappa shape index (κ1) is 22.0. The molecule has 1 aromatic carbocycles. The monoisotopic (exact) mass is 440 g/mol. The maximum absolute atomic E-state index is 12.5. The van der Waals surface area contributed by atoms with Crippen LogP contribution in [0.2, 0.25) is 0 Å². The van der Waals surface area contributed by atoms with Gasteiger partial charge in [-0.05, 0) is 63.8 Å². The molecule has 1 amide bonds. The van der Waals surface area contributed by atoms with Crippen molar-refractivity contribution in [3.8, 4) is 11.5 Å². The normalized spacial score (nSPS) is 18.8. The number of rotatable bonds is 9. The number of hydrogen-bond donors (Lipinski definition) is 1. The van der Waals surface area contributed by atoms with Crippen LogP contribution in [0.5, 0.6) is 11.5 Å². The average molecular weight is 441 g/mol. The van der Waals surface area contributed by atoms with Crippen LogP contribution in [0.4, 0.5) is 0 Å². The van der Waals surface area contributed by atoms with E-state index in [0.29, 0.717) is 43.7 Å². The number of ether oxygens (including phenoxy) is 2. The van der Waals surface area contributed by atoms with Crippen LogP contribution in [0.15, 0.2) is 16.6 Å². The molecule has 1 aliphatic rings. The Hall–Kier alpha value is -1.27. The first-order valence-corrected chi connectivity index (χ1v) is 10.8. The summed E-state index contributed by atoms with van der Waals surface area (Å²) in [5.74, 6) is 2.15. The summed E-state index contributed by atoms with van der Waals surface area (Å²) < 4.78 is 12.2. The standard InChI is InChI=1S/C21H33BrN2O3/c1-5-26-19-10-17(18(22)12-20(19)27-6-2)11-21(25)23-13-16(4)24-9-7-8-15(3)14-24/h10,12,15-16H,5-9,11,13-14H2,1-4H3,(H,23,25). The molecule has 0 saturated carbocycles. The van der Waals surface area contributed by atoms with Crippen molar-refractivity contribution in [1.29, 1.82) is 0 Å². The van der Waals surface area contributed by atoms with Crippen molar-refractivity contribution < 1.29 is 14.3 Å². The minimum atomic E-state index is 0.0271. The van der Waals surface area contributed by atoms with Crippen molar-refractivity contribution in [2.24, 2.45) is 5.92 Å². The number of carbonyl (C=O) groups excluding carboxylic acids is 1. The fraction of sp³-hybridized carbons (Fsp3) is 0.667. The Balaban J connectivity index is 1.93. The van der Waals surface area contributed by atoms with Gasteiger partial charge in [0.1, 0.15) is 0 Å². The smallest absolute Gasteiger partial charge is 0.224 e. The van der Waals surface area contributed by atoms with Crippen LogP contribution in [0.3, 0.4) is 0 Å². The molecule has 152 valence electrons. The number of carbonyl (C=O) groups is 1. The third-order valence-corrected chi connectivity index (χ3v) is 5.71. The summed E-state index contributed by atoms with van der Waals surface area (Å²) in [4.78, 5) is 15.0. The summed E-state index contributed by atoms with van der Waals surface area (Å²) in [6.45, 7) is 12.4. The van der Waals surface area contributed by atoms with Gasteiger partial charge in [-0.25, -0.2) is 0 Å². The van der Waals surface area contributed by atoms with Gasteiger partial charge < -0.3 is 14.8 Å². The minimum absolute atomic E-state index is 0.0271. The summed E-state index contributed by atoms with van der Waals surface area (Å²) >= 11 is 3.56. The van der Waals surface area contributed by atoms with Crippen molar-refractivity contribution in [2.45, 2.75) is 53.0 Å². The molecule has 0 aromatic heterocycles. The van der Waals surface area contributed by atoms with Crippen LogP contribution < -0.4 is 14.8 Å². The molecule has 0 radical (unpaired) electrons. The molecule has 1 heterocycles. The Bertz CT molecular complexity index is 624. The fourth-order valence-corrected chi connectivity index (χ4v) is 3.96. The number of nitrogens with one attached hydrogen (secondary N) is 1. The van der Waals surface area contributed by atoms with Gasteiger partial charge >= 0.3 is 0 Å². The van der Waals surface area contributed by atoms with E-state index in [0.717, 1.165) is 29.0 Å². The molecule has 0 aliphatic carbocycles. The summed E-state index contributed by atoms with van der Waals surface area (Å²) in [6.07, 6.45) is 2.87. The van der Waals surface area contributed by atoms with Crippen LogP contribution in [-0.4, -0.2) is 49.7 Å². The SMILES string of the molecule is CCOc1cc(Br)c(CC(=O)NCC(C)N2CCCC(C)C2)cc1OCC. The molecular weight excluding hydrogens is 408 g/mol. The average Bonchev–Trinajstić information content (AvgIpc) is 2.63. The van der Waals surface area contributed by atoms with Gasteiger partial charge in [0, 0.05) is 23.6 Å². The van der Waals surface area contributed by atoms with Crippen molar-refractivity contribution in [2.75, 3.05) is 32.8 Å². The van der Waals surface area contributed by atoms with Crippen LogP contribution in [0.1, 0.15) is 46.1 Å². The molecular formula is C21H33BrN2O3. The molecule has 27 heavy (non-hydrogen) atoms. The van der Waals surface area contributed by atoms with E-state index >= 15 is 0 Å². The lowest BCUT2D eigenvalue weighted by Crippen LogP contribution is -2.46. The second-order valence-corrected chi connectivity index (χ2v) is 8.18. The van der Waals surface area contributed by atoms with E-state index in [2.05, 4.69) is 40.0 Å². The lowest BCUT2D eigenvalue weighted by atomic mass is 9.99. The van der Waals surface area contributed by atoms with E-state index in [4.69, 9.17) is 9.47 Å². The highest BCUT2D eigenvalue weighted by atomic mass is 79.9. The van der Waals surface area contributed by atoms with Gasteiger partial charge in [0.15, 0.2) is 11.5 Å². The van der Waals surface area contributed by atoms with E-state index in [-0.39, 0.29) is 5.91 Å². The van der Waals surface area contributed by atoms with Crippen molar-refractivity contribution in [3.05, 3.63) is 22.2 Å². The first-order chi connectivity index (χ1) is 12.9. The predicted molar refractivity (Wildman–Crippen MR) is 113 cm³/mol. The Morgan fingerprint density at radius 3 is 2.59 bits per heavy atom. The number of halogens is 1. The number of likely N-dealkylation sites (tertiary alicyclic amines) is 1. The van der Waals surface area contributed by atoms with Crippen LogP contribution >= 0.6 is 15.9 Å². The maximum atomic E-state index is 12.5. The second-order valence-electron chi connectivity index (χ2n) is 7.33. The number of hydrogen-bond acceptors (Lipinski definition) is 4. The van der Waals surface area contributed by atoms with Gasteiger partial charge in [0.05, 0.1) is 19.6 Å². The molecule has 2 rings (SSSR count). The summed E-state index contributed by atoms with van der Waals surface area (Å²) in [7, 11) is 0. The summed E-state index contributed by atoms with van der Waals surface area (Å²) in [5.41, 5.74) is 0.902. The Morgan fingerprint density at radius 2 is 1.96 bits per heavy atom. The molecule has 1 aromatic rings. The van der Waals surface area contributed by atoms with Gasteiger partial charge in [0.25, 0.3) is 0 Å². The van der Waals surface area contributed by atoms with Gasteiger partial charge in [-0.3, -0.25) is 9.69 Å². The fourth-order valence-electron chi connectivity index (χ4n) is 3.50. The first-order valence-electron chi connectivity index (χ1n) is 10.0. The molecule has 6 heteroatoms. The van der Waals surface area contributed by atoms with Gasteiger partial charge in [-0.15, -0.1) is 0 Å². The molecule has 2 unspecified atom stereocenters. The minimum Gasteiger partial charge on any atom is -0.490 e. The van der Waals surface area contributed by atoms with E-state index in [1.54, 1.807) is 0 Å². The quantitative estimate of drug-likeness (QED) is 0.629. The Labute approximate surface area is 171 Å². The van der Waals surface area contributed by atoms with Crippen molar-refractivity contribution in [1.82, 2.24) is 10.2 Å². The topological polar surface area (TPSA) is 50.8 Å². The molecule has 1 N–H and O–H groups in total. The van der Waals surface area contributed by atoms with E-state index in [1.807, 2.05) is 26.0 Å². The Morgan fingerprint density at radius 1 is 1.30 bits per heavy atom. The van der Waals surface area contributed by atoms with Gasteiger partial charge in [-0.1, -0.05) is 22.9 Å². The van der Waals surface area contributed by atoms with E-state index < -0.39 is 0 Å². The Kier molecular flexibility index (Phi) is 8.90. The highest BCUT2D eigenvalue weighted by Gasteiger charge is 2.21. The number of piperidine rings is 1. The highest BCUT2D eigenvalue weighted by molar-refractivity contribution is 9.10. The van der Waals surface area contributed by atoms with Crippen molar-refractivity contribution >= 4 is 21.8 Å². The summed E-state index contributed by atoms with van der Waals surface area (Å²) in [6, 6.07) is 4.14. The van der Waals surface area contributed by atoms with E-state index in [9.17, 15) is 4.79 Å². The largest absolute Gasteiger partial charge is 0.490 e. The molecule has 0 spiro atoms. The lowest BCUT2D eigenvalue weighted by Gasteiger charge is -2.35. The predicted octanol–water partition coefficient (Wildman–Crippen LogP) is 4.03. The van der Waals surface area contributed by atoms with Crippen molar-refractivity contribution in [3.63, 3.8) is 0 Å². The maximum Gasteiger partial charge on any atom is 0.224 e. The molecule has 0 bridgehead atoms. The van der Waals surface area contributed by atoms with E-state index in [1.165, 1.54) is 12.8 Å². The molecule has 1 saturated heterocycles. The molecule has 1 aliphatic heterocycles. The van der Waals surface area contributed by atoms with Crippen LogP contribution in [0.25, 0.3) is 0 Å². The third kappa shape index (κ3) is 6.68. The van der Waals surface area contributed by atoms with Crippen LogP contribution in [0, 0.1) is 5.92 Å². The van der Waals surface area contributed by atoms with Gasteiger partial charge in [-0.2, -0.15) is 0 Å². The molecule has 1 fully saturated rings. The van der Waals surface area contributed by atoms with Gasteiger partial charge in [0.2, 0.25) is 5.91 Å². The molecule has 2 atom stereocenters. The molecule has 5 nitrogen and oxygen atoms in total. The van der Waals surface area contributed by atoms with Crippen LogP contribution in [-0.2, 0) is 11.2 Å². The zero-order chi connectivity index (χ0) is 19.8. The highest BCUT2D eigenvalue weighted by Crippen LogP contribution is 2.34.